The lowest BCUT2D eigenvalue weighted by Gasteiger charge is -2.09. The Hall–Kier alpha value is -2.36. The van der Waals surface area contributed by atoms with Gasteiger partial charge in [-0.1, -0.05) is 80.4 Å². The second-order valence-corrected chi connectivity index (χ2v) is 8.01. The van der Waals surface area contributed by atoms with Gasteiger partial charge in [0.05, 0.1) is 0 Å². The van der Waals surface area contributed by atoms with E-state index in [0.29, 0.717) is 0 Å². The second kappa shape index (κ2) is 8.12. The average molecular weight is 480 g/mol. The van der Waals surface area contributed by atoms with E-state index in [2.05, 4.69) is 80.4 Å². The Bertz CT molecular complexity index is 1070. The van der Waals surface area contributed by atoms with Crippen LogP contribution in [-0.2, 0) is 0 Å². The standard InChI is InChI=1S/C24H16Br2O/c25-21-7-1-4-18(14-21)17-10-12-23(13-11-17)27-24-9-3-6-20(16-24)19-5-2-8-22(26)15-19/h1-16H. The van der Waals surface area contributed by atoms with Crippen molar-refractivity contribution in [2.24, 2.45) is 0 Å². The molecule has 3 heteroatoms. The van der Waals surface area contributed by atoms with Gasteiger partial charge in [0.25, 0.3) is 0 Å². The number of hydrogen-bond donors (Lipinski definition) is 0. The van der Waals surface area contributed by atoms with E-state index in [0.717, 1.165) is 37.1 Å². The van der Waals surface area contributed by atoms with Crippen molar-refractivity contribution in [2.75, 3.05) is 0 Å². The Morgan fingerprint density at radius 2 is 0.963 bits per heavy atom. The molecule has 0 radical (unpaired) electrons. The van der Waals surface area contributed by atoms with Crippen LogP contribution < -0.4 is 4.74 Å². The Balaban J connectivity index is 1.55. The summed E-state index contributed by atoms with van der Waals surface area (Å²) in [6, 6.07) is 32.8. The fourth-order valence-electron chi connectivity index (χ4n) is 2.93. The number of benzene rings is 4. The first kappa shape index (κ1) is 18.0. The highest BCUT2D eigenvalue weighted by Crippen LogP contribution is 2.30. The van der Waals surface area contributed by atoms with Gasteiger partial charge in [0.1, 0.15) is 11.5 Å². The number of hydrogen-bond acceptors (Lipinski definition) is 1. The topological polar surface area (TPSA) is 9.23 Å². The Morgan fingerprint density at radius 3 is 1.56 bits per heavy atom. The molecule has 132 valence electrons. The lowest BCUT2D eigenvalue weighted by molar-refractivity contribution is 0.483. The third kappa shape index (κ3) is 4.49. The minimum Gasteiger partial charge on any atom is -0.457 e. The molecule has 0 saturated heterocycles. The van der Waals surface area contributed by atoms with Gasteiger partial charge in [0.15, 0.2) is 0 Å². The van der Waals surface area contributed by atoms with Crippen molar-refractivity contribution in [1.29, 1.82) is 0 Å². The number of rotatable bonds is 4. The first-order chi connectivity index (χ1) is 13.2. The molecule has 0 atom stereocenters. The summed E-state index contributed by atoms with van der Waals surface area (Å²) < 4.78 is 8.20. The van der Waals surface area contributed by atoms with Crippen LogP contribution in [0.25, 0.3) is 22.3 Å². The smallest absolute Gasteiger partial charge is 0.128 e. The highest BCUT2D eigenvalue weighted by Gasteiger charge is 2.04. The maximum absolute atomic E-state index is 6.06. The fraction of sp³-hybridized carbons (Fsp3) is 0. The van der Waals surface area contributed by atoms with E-state index in [-0.39, 0.29) is 0 Å². The normalized spacial score (nSPS) is 10.6. The highest BCUT2D eigenvalue weighted by atomic mass is 79.9. The monoisotopic (exact) mass is 478 g/mol. The number of halogens is 2. The van der Waals surface area contributed by atoms with E-state index < -0.39 is 0 Å². The van der Waals surface area contributed by atoms with Crippen molar-refractivity contribution in [3.05, 3.63) is 106 Å². The fourth-order valence-corrected chi connectivity index (χ4v) is 3.73. The van der Waals surface area contributed by atoms with Gasteiger partial charge in [-0.2, -0.15) is 0 Å². The van der Waals surface area contributed by atoms with Crippen LogP contribution in [0.1, 0.15) is 0 Å². The van der Waals surface area contributed by atoms with E-state index in [1.807, 2.05) is 48.5 Å². The van der Waals surface area contributed by atoms with Crippen molar-refractivity contribution >= 4 is 31.9 Å². The molecule has 0 bridgehead atoms. The molecule has 0 aliphatic carbocycles. The predicted octanol–water partition coefficient (Wildman–Crippen LogP) is 8.34. The van der Waals surface area contributed by atoms with Crippen molar-refractivity contribution < 1.29 is 4.74 Å². The summed E-state index contributed by atoms with van der Waals surface area (Å²) in [5.74, 6) is 1.64. The molecule has 0 aliphatic rings. The lowest BCUT2D eigenvalue weighted by atomic mass is 10.1. The average Bonchev–Trinajstić information content (AvgIpc) is 2.69. The summed E-state index contributed by atoms with van der Waals surface area (Å²) >= 11 is 7.05. The third-order valence-electron chi connectivity index (χ3n) is 4.24. The number of ether oxygens (including phenoxy) is 1. The molecule has 1 nitrogen and oxygen atoms in total. The molecule has 0 spiro atoms. The first-order valence-electron chi connectivity index (χ1n) is 8.57. The molecule has 0 aromatic heterocycles. The molecular formula is C24H16Br2O. The molecular weight excluding hydrogens is 464 g/mol. The molecule has 0 unspecified atom stereocenters. The van der Waals surface area contributed by atoms with Gasteiger partial charge < -0.3 is 4.74 Å². The molecule has 0 fully saturated rings. The zero-order chi connectivity index (χ0) is 18.6. The Kier molecular flexibility index (Phi) is 5.42. The summed E-state index contributed by atoms with van der Waals surface area (Å²) in [6.45, 7) is 0. The lowest BCUT2D eigenvalue weighted by Crippen LogP contribution is -1.86. The summed E-state index contributed by atoms with van der Waals surface area (Å²) in [4.78, 5) is 0. The highest BCUT2D eigenvalue weighted by molar-refractivity contribution is 9.10. The van der Waals surface area contributed by atoms with E-state index >= 15 is 0 Å². The molecule has 0 aliphatic heterocycles. The van der Waals surface area contributed by atoms with E-state index in [1.54, 1.807) is 0 Å². The van der Waals surface area contributed by atoms with Crippen LogP contribution in [0, 0.1) is 0 Å². The predicted molar refractivity (Wildman–Crippen MR) is 119 cm³/mol. The SMILES string of the molecule is Brc1cccc(-c2ccc(Oc3cccc(-c4cccc(Br)c4)c3)cc2)c1. The molecule has 4 aromatic carbocycles. The maximum Gasteiger partial charge on any atom is 0.128 e. The summed E-state index contributed by atoms with van der Waals surface area (Å²) in [5.41, 5.74) is 4.61. The Morgan fingerprint density at radius 1 is 0.444 bits per heavy atom. The largest absolute Gasteiger partial charge is 0.457 e. The zero-order valence-electron chi connectivity index (χ0n) is 14.4. The van der Waals surface area contributed by atoms with E-state index in [1.165, 1.54) is 5.56 Å². The molecule has 0 saturated carbocycles. The summed E-state index contributed by atoms with van der Waals surface area (Å²) in [5, 5.41) is 0. The van der Waals surface area contributed by atoms with Gasteiger partial charge in [0, 0.05) is 8.95 Å². The van der Waals surface area contributed by atoms with Crippen molar-refractivity contribution in [2.45, 2.75) is 0 Å². The zero-order valence-corrected chi connectivity index (χ0v) is 17.6. The van der Waals surface area contributed by atoms with E-state index in [4.69, 9.17) is 4.74 Å². The van der Waals surface area contributed by atoms with Crippen LogP contribution in [0.2, 0.25) is 0 Å². The van der Waals surface area contributed by atoms with Gasteiger partial charge >= 0.3 is 0 Å². The van der Waals surface area contributed by atoms with Gasteiger partial charge in [-0.05, 0) is 70.8 Å². The van der Waals surface area contributed by atoms with Gasteiger partial charge in [-0.25, -0.2) is 0 Å². The minimum atomic E-state index is 0.820. The van der Waals surface area contributed by atoms with Crippen molar-refractivity contribution in [3.8, 4) is 33.8 Å². The van der Waals surface area contributed by atoms with Crippen LogP contribution in [-0.4, -0.2) is 0 Å². The summed E-state index contributed by atoms with van der Waals surface area (Å²) in [6.07, 6.45) is 0. The van der Waals surface area contributed by atoms with Gasteiger partial charge in [0.2, 0.25) is 0 Å². The van der Waals surface area contributed by atoms with E-state index in [9.17, 15) is 0 Å². The molecule has 27 heavy (non-hydrogen) atoms. The van der Waals surface area contributed by atoms with Crippen molar-refractivity contribution in [1.82, 2.24) is 0 Å². The Labute approximate surface area is 175 Å². The first-order valence-corrected chi connectivity index (χ1v) is 10.2. The molecule has 4 rings (SSSR count). The van der Waals surface area contributed by atoms with Gasteiger partial charge in [-0.3, -0.25) is 0 Å². The van der Waals surface area contributed by atoms with Crippen LogP contribution in [0.5, 0.6) is 11.5 Å². The van der Waals surface area contributed by atoms with Crippen molar-refractivity contribution in [3.63, 3.8) is 0 Å². The third-order valence-corrected chi connectivity index (χ3v) is 5.23. The summed E-state index contributed by atoms with van der Waals surface area (Å²) in [7, 11) is 0. The van der Waals surface area contributed by atoms with Crippen LogP contribution in [0.15, 0.2) is 106 Å². The maximum atomic E-state index is 6.06. The molecule has 0 amide bonds. The quantitative estimate of drug-likeness (QED) is 0.285. The van der Waals surface area contributed by atoms with Crippen LogP contribution in [0.3, 0.4) is 0 Å². The van der Waals surface area contributed by atoms with Crippen LogP contribution in [0.4, 0.5) is 0 Å². The minimum absolute atomic E-state index is 0.820. The molecule has 0 N–H and O–H groups in total. The second-order valence-electron chi connectivity index (χ2n) is 6.17. The molecule has 0 heterocycles. The van der Waals surface area contributed by atoms with Crippen LogP contribution >= 0.6 is 31.9 Å². The van der Waals surface area contributed by atoms with Gasteiger partial charge in [-0.15, -0.1) is 0 Å². The molecule has 4 aromatic rings.